The number of urea groups is 1. The summed E-state index contributed by atoms with van der Waals surface area (Å²) in [5.41, 5.74) is 4.27. The fourth-order valence-electron chi connectivity index (χ4n) is 3.90. The molecule has 0 atom stereocenters. The number of carbonyl (C=O) groups excluding carboxylic acids is 1. The number of amides is 2. The maximum absolute atomic E-state index is 12.2. The van der Waals surface area contributed by atoms with E-state index >= 15 is 0 Å². The van der Waals surface area contributed by atoms with E-state index in [0.29, 0.717) is 10.7 Å². The lowest BCUT2D eigenvalue weighted by Gasteiger charge is -2.34. The van der Waals surface area contributed by atoms with Crippen LogP contribution in [0.2, 0.25) is 5.02 Å². The first-order valence-electron chi connectivity index (χ1n) is 11.8. The topological polar surface area (TPSA) is 109 Å². The Kier molecular flexibility index (Phi) is 8.68. The van der Waals surface area contributed by atoms with Crippen molar-refractivity contribution >= 4 is 34.8 Å². The Hall–Kier alpha value is -3.71. The van der Waals surface area contributed by atoms with Crippen LogP contribution in [0.4, 0.5) is 22.0 Å². The van der Waals surface area contributed by atoms with E-state index in [2.05, 4.69) is 67.0 Å². The molecular formula is C26H29ClN8O. The largest absolute Gasteiger partial charge is 0.369 e. The Labute approximate surface area is 216 Å². The van der Waals surface area contributed by atoms with Crippen LogP contribution in [0, 0.1) is 11.3 Å². The lowest BCUT2D eigenvalue weighted by atomic mass is 10.1. The molecular weight excluding hydrogens is 476 g/mol. The number of carbonyl (C=O) groups is 1. The lowest BCUT2D eigenvalue weighted by molar-refractivity contribution is 0.262. The summed E-state index contributed by atoms with van der Waals surface area (Å²) < 4.78 is 0. The summed E-state index contributed by atoms with van der Waals surface area (Å²) in [7, 11) is 2.17. The molecule has 0 bridgehead atoms. The monoisotopic (exact) mass is 504 g/mol. The van der Waals surface area contributed by atoms with Gasteiger partial charge in [-0.15, -0.1) is 0 Å². The number of halogens is 1. The molecule has 2 heterocycles. The average molecular weight is 505 g/mol. The Morgan fingerprint density at radius 2 is 1.83 bits per heavy atom. The Morgan fingerprint density at radius 3 is 2.50 bits per heavy atom. The summed E-state index contributed by atoms with van der Waals surface area (Å²) in [5.74, 6) is 0.245. The van der Waals surface area contributed by atoms with Crippen molar-refractivity contribution in [2.45, 2.75) is 13.0 Å². The molecule has 0 spiro atoms. The first-order chi connectivity index (χ1) is 17.5. The van der Waals surface area contributed by atoms with E-state index < -0.39 is 6.03 Å². The number of piperazine rings is 1. The predicted octanol–water partition coefficient (Wildman–Crippen LogP) is 3.73. The van der Waals surface area contributed by atoms with E-state index in [1.807, 2.05) is 18.2 Å². The third-order valence-corrected chi connectivity index (χ3v) is 6.38. The van der Waals surface area contributed by atoms with Crippen LogP contribution in [0.3, 0.4) is 0 Å². The average Bonchev–Trinajstić information content (AvgIpc) is 2.89. The molecule has 0 unspecified atom stereocenters. The molecule has 186 valence electrons. The van der Waals surface area contributed by atoms with Gasteiger partial charge >= 0.3 is 6.03 Å². The van der Waals surface area contributed by atoms with Gasteiger partial charge in [-0.25, -0.2) is 14.8 Å². The van der Waals surface area contributed by atoms with E-state index in [-0.39, 0.29) is 11.5 Å². The van der Waals surface area contributed by atoms with Crippen LogP contribution in [-0.4, -0.2) is 60.7 Å². The molecule has 1 saturated heterocycles. The second-order valence-electron chi connectivity index (χ2n) is 8.67. The van der Waals surface area contributed by atoms with Crippen molar-refractivity contribution in [2.75, 3.05) is 55.3 Å². The van der Waals surface area contributed by atoms with Gasteiger partial charge in [0.05, 0.1) is 12.4 Å². The number of anilines is 3. The quantitative estimate of drug-likeness (QED) is 0.401. The highest BCUT2D eigenvalue weighted by Gasteiger charge is 2.14. The second-order valence-corrected chi connectivity index (χ2v) is 9.07. The van der Waals surface area contributed by atoms with Crippen LogP contribution in [0.5, 0.6) is 0 Å². The molecule has 9 nitrogen and oxygen atoms in total. The van der Waals surface area contributed by atoms with Crippen molar-refractivity contribution < 1.29 is 4.79 Å². The van der Waals surface area contributed by atoms with Crippen molar-refractivity contribution in [1.29, 1.82) is 5.26 Å². The van der Waals surface area contributed by atoms with Gasteiger partial charge in [-0.05, 0) is 55.4 Å². The molecule has 3 N–H and O–H groups in total. The van der Waals surface area contributed by atoms with Crippen molar-refractivity contribution in [3.05, 3.63) is 76.7 Å². The fraction of sp³-hybridized carbons (Fsp3) is 0.308. The van der Waals surface area contributed by atoms with Crippen LogP contribution in [0.1, 0.15) is 16.8 Å². The zero-order valence-electron chi connectivity index (χ0n) is 20.2. The zero-order chi connectivity index (χ0) is 25.3. The SMILES string of the molecule is CN1CCN(c2ccc(CNCCc3ccc(NC(=O)Nc4cnc(C#N)cn4)cc3Cl)cc2)CC1. The van der Waals surface area contributed by atoms with Gasteiger partial charge in [0, 0.05) is 49.1 Å². The van der Waals surface area contributed by atoms with Gasteiger partial charge in [-0.2, -0.15) is 5.26 Å². The van der Waals surface area contributed by atoms with Crippen molar-refractivity contribution in [1.82, 2.24) is 20.2 Å². The molecule has 2 aromatic carbocycles. The number of likely N-dealkylation sites (N-methyl/N-ethyl adjacent to an activating group) is 1. The molecule has 0 saturated carbocycles. The number of nitriles is 1. The third-order valence-electron chi connectivity index (χ3n) is 6.02. The van der Waals surface area contributed by atoms with Gasteiger partial charge in [0.1, 0.15) is 6.07 Å². The summed E-state index contributed by atoms with van der Waals surface area (Å²) in [6.45, 7) is 5.91. The van der Waals surface area contributed by atoms with Gasteiger partial charge in [0.15, 0.2) is 11.5 Å². The Balaban J connectivity index is 1.20. The number of nitrogens with one attached hydrogen (secondary N) is 3. The summed E-state index contributed by atoms with van der Waals surface area (Å²) in [4.78, 5) is 24.8. The van der Waals surface area contributed by atoms with Crippen LogP contribution in [0.25, 0.3) is 0 Å². The maximum Gasteiger partial charge on any atom is 0.324 e. The molecule has 1 aliphatic rings. The van der Waals surface area contributed by atoms with E-state index in [4.69, 9.17) is 16.9 Å². The van der Waals surface area contributed by atoms with Gasteiger partial charge in [-0.1, -0.05) is 29.8 Å². The second kappa shape index (κ2) is 12.3. The summed E-state index contributed by atoms with van der Waals surface area (Å²) in [6, 6.07) is 15.6. The van der Waals surface area contributed by atoms with Crippen molar-refractivity contribution in [3.8, 4) is 6.07 Å². The van der Waals surface area contributed by atoms with E-state index in [9.17, 15) is 4.79 Å². The molecule has 0 aliphatic carbocycles. The van der Waals surface area contributed by atoms with E-state index in [1.54, 1.807) is 6.07 Å². The summed E-state index contributed by atoms with van der Waals surface area (Å²) in [6.07, 6.45) is 3.38. The molecule has 3 aromatic rings. The fourth-order valence-corrected chi connectivity index (χ4v) is 4.18. The highest BCUT2D eigenvalue weighted by atomic mass is 35.5. The Bertz CT molecular complexity index is 1200. The highest BCUT2D eigenvalue weighted by Crippen LogP contribution is 2.22. The number of aromatic nitrogens is 2. The molecule has 10 heteroatoms. The molecule has 2 amide bonds. The third kappa shape index (κ3) is 7.15. The lowest BCUT2D eigenvalue weighted by Crippen LogP contribution is -2.44. The Morgan fingerprint density at radius 1 is 1.06 bits per heavy atom. The minimum absolute atomic E-state index is 0.178. The van der Waals surface area contributed by atoms with Crippen molar-refractivity contribution in [3.63, 3.8) is 0 Å². The van der Waals surface area contributed by atoms with Crippen LogP contribution < -0.4 is 20.9 Å². The smallest absolute Gasteiger partial charge is 0.324 e. The van der Waals surface area contributed by atoms with Crippen LogP contribution in [-0.2, 0) is 13.0 Å². The molecule has 1 aliphatic heterocycles. The number of hydrogen-bond acceptors (Lipinski definition) is 7. The van der Waals surface area contributed by atoms with Crippen molar-refractivity contribution in [2.24, 2.45) is 0 Å². The summed E-state index contributed by atoms with van der Waals surface area (Å²) in [5, 5.41) is 18.1. The minimum Gasteiger partial charge on any atom is -0.369 e. The molecule has 0 radical (unpaired) electrons. The van der Waals surface area contributed by atoms with Crippen LogP contribution >= 0.6 is 11.6 Å². The standard InChI is InChI=1S/C26H29ClN8O/c1-34-10-12-35(13-11-34)23-6-2-19(3-7-23)16-29-9-8-20-4-5-21(14-24(20)27)32-26(36)33-25-18-30-22(15-28)17-31-25/h2-7,14,17-18,29H,8-13,16H2,1H3,(H2,31,32,33,36). The zero-order valence-corrected chi connectivity index (χ0v) is 20.9. The predicted molar refractivity (Wildman–Crippen MR) is 142 cm³/mol. The number of benzene rings is 2. The number of nitrogens with zero attached hydrogens (tertiary/aromatic N) is 5. The first-order valence-corrected chi connectivity index (χ1v) is 12.2. The molecule has 1 fully saturated rings. The number of rotatable bonds is 8. The maximum atomic E-state index is 12.2. The van der Waals surface area contributed by atoms with E-state index in [1.165, 1.54) is 23.6 Å². The number of hydrogen-bond donors (Lipinski definition) is 3. The van der Waals surface area contributed by atoms with Gasteiger partial charge in [-0.3, -0.25) is 5.32 Å². The minimum atomic E-state index is -0.474. The van der Waals surface area contributed by atoms with Gasteiger partial charge < -0.3 is 20.4 Å². The first kappa shape index (κ1) is 25.4. The summed E-state index contributed by atoms with van der Waals surface area (Å²) >= 11 is 6.44. The van der Waals surface area contributed by atoms with Gasteiger partial charge in [0.2, 0.25) is 0 Å². The van der Waals surface area contributed by atoms with E-state index in [0.717, 1.165) is 51.3 Å². The molecule has 4 rings (SSSR count). The van der Waals surface area contributed by atoms with Gasteiger partial charge in [0.25, 0.3) is 0 Å². The van der Waals surface area contributed by atoms with Crippen LogP contribution in [0.15, 0.2) is 54.9 Å². The molecule has 1 aromatic heterocycles. The molecule has 36 heavy (non-hydrogen) atoms. The normalized spacial score (nSPS) is 13.8. The highest BCUT2D eigenvalue weighted by molar-refractivity contribution is 6.31.